The molecule has 7 heteroatoms. The summed E-state index contributed by atoms with van der Waals surface area (Å²) in [5, 5.41) is 7.37. The summed E-state index contributed by atoms with van der Waals surface area (Å²) in [6.07, 6.45) is 10.1. The number of hydrogen-bond acceptors (Lipinski definition) is 4. The average Bonchev–Trinajstić information content (AvgIpc) is 3.59. The quantitative estimate of drug-likeness (QED) is 0.244. The number of nitrogens with zero attached hydrogens (tertiary/aromatic N) is 1. The van der Waals surface area contributed by atoms with Gasteiger partial charge in [-0.1, -0.05) is 67.8 Å². The van der Waals surface area contributed by atoms with Crippen LogP contribution < -0.4 is 10.6 Å². The lowest BCUT2D eigenvalue weighted by molar-refractivity contribution is -0.128. The smallest absolute Gasteiger partial charge is 0.408 e. The second-order valence-electron chi connectivity index (χ2n) is 11.8. The first-order chi connectivity index (χ1) is 20.0. The number of hydrogen-bond donors (Lipinski definition) is 3. The maximum absolute atomic E-state index is 14.3. The van der Waals surface area contributed by atoms with E-state index in [1.807, 2.05) is 60.8 Å². The fourth-order valence-electron chi connectivity index (χ4n) is 6.61. The Kier molecular flexibility index (Phi) is 7.77. The molecule has 7 nitrogen and oxygen atoms in total. The van der Waals surface area contributed by atoms with Gasteiger partial charge in [-0.3, -0.25) is 9.78 Å². The van der Waals surface area contributed by atoms with Gasteiger partial charge < -0.3 is 20.4 Å². The van der Waals surface area contributed by atoms with Crippen molar-refractivity contribution in [2.45, 2.75) is 76.0 Å². The second kappa shape index (κ2) is 11.8. The van der Waals surface area contributed by atoms with Gasteiger partial charge in [-0.2, -0.15) is 0 Å². The largest absolute Gasteiger partial charge is 0.446 e. The minimum atomic E-state index is -1.25. The highest BCUT2D eigenvalue weighted by atomic mass is 16.6. The zero-order chi connectivity index (χ0) is 28.2. The van der Waals surface area contributed by atoms with E-state index in [-0.39, 0.29) is 18.1 Å². The summed E-state index contributed by atoms with van der Waals surface area (Å²) in [5.74, 6) is 0.0551. The molecule has 0 bridgehead atoms. The Morgan fingerprint density at radius 1 is 0.976 bits per heavy atom. The minimum Gasteiger partial charge on any atom is -0.446 e. The maximum atomic E-state index is 14.3. The molecule has 41 heavy (non-hydrogen) atoms. The number of H-pyrrole nitrogens is 1. The molecule has 2 heterocycles. The first-order valence-corrected chi connectivity index (χ1v) is 14.8. The normalized spacial score (nSPS) is 17.9. The molecule has 1 fully saturated rings. The molecule has 2 atom stereocenters. The van der Waals surface area contributed by atoms with E-state index in [2.05, 4.69) is 32.7 Å². The molecule has 3 N–H and O–H groups in total. The number of fused-ring (bicyclic) bond motifs is 2. The van der Waals surface area contributed by atoms with Gasteiger partial charge in [-0.05, 0) is 60.6 Å². The fraction of sp³-hybridized carbons (Fsp3) is 0.382. The van der Waals surface area contributed by atoms with Crippen molar-refractivity contribution in [2.24, 2.45) is 5.92 Å². The van der Waals surface area contributed by atoms with E-state index in [1.54, 1.807) is 13.1 Å². The molecule has 1 saturated carbocycles. The second-order valence-corrected chi connectivity index (χ2v) is 11.8. The summed E-state index contributed by atoms with van der Waals surface area (Å²) in [6.45, 7) is 1.80. The average molecular weight is 551 g/mol. The van der Waals surface area contributed by atoms with Crippen LogP contribution in [0.3, 0.4) is 0 Å². The van der Waals surface area contributed by atoms with Crippen molar-refractivity contribution in [1.82, 2.24) is 20.6 Å². The molecule has 0 saturated heterocycles. The molecule has 0 radical (unpaired) electrons. The summed E-state index contributed by atoms with van der Waals surface area (Å²) < 4.78 is 5.90. The molecule has 2 aliphatic rings. The lowest BCUT2D eigenvalue weighted by Crippen LogP contribution is -2.59. The Morgan fingerprint density at radius 3 is 2.41 bits per heavy atom. The van der Waals surface area contributed by atoms with Gasteiger partial charge in [0.1, 0.15) is 11.6 Å². The Labute approximate surface area is 241 Å². The van der Waals surface area contributed by atoms with Gasteiger partial charge in [0.05, 0.1) is 11.7 Å². The van der Waals surface area contributed by atoms with E-state index >= 15 is 0 Å². The monoisotopic (exact) mass is 550 g/mol. The molecule has 2 amide bonds. The summed E-state index contributed by atoms with van der Waals surface area (Å²) in [6, 6.07) is 21.8. The van der Waals surface area contributed by atoms with E-state index in [4.69, 9.17) is 4.74 Å². The third kappa shape index (κ3) is 5.99. The van der Waals surface area contributed by atoms with E-state index in [0.29, 0.717) is 25.2 Å². The van der Waals surface area contributed by atoms with Gasteiger partial charge in [-0.15, -0.1) is 0 Å². The van der Waals surface area contributed by atoms with Gasteiger partial charge in [-0.25, -0.2) is 4.79 Å². The Morgan fingerprint density at radius 2 is 1.68 bits per heavy atom. The number of benzene rings is 2. The number of para-hydroxylation sites is 1. The predicted molar refractivity (Wildman–Crippen MR) is 159 cm³/mol. The lowest BCUT2D eigenvalue weighted by Gasteiger charge is -2.35. The fourth-order valence-corrected chi connectivity index (χ4v) is 6.61. The summed E-state index contributed by atoms with van der Waals surface area (Å²) >= 11 is 0. The highest BCUT2D eigenvalue weighted by Gasteiger charge is 2.40. The number of pyridine rings is 1. The van der Waals surface area contributed by atoms with Crippen LogP contribution in [-0.4, -0.2) is 33.6 Å². The molecule has 0 spiro atoms. The molecule has 212 valence electrons. The van der Waals surface area contributed by atoms with Crippen LogP contribution in [0.4, 0.5) is 4.79 Å². The molecule has 2 aromatic heterocycles. The van der Waals surface area contributed by atoms with E-state index in [9.17, 15) is 9.59 Å². The van der Waals surface area contributed by atoms with E-state index in [0.717, 1.165) is 47.8 Å². The molecule has 4 aromatic rings. The van der Waals surface area contributed by atoms with Crippen molar-refractivity contribution in [3.63, 3.8) is 0 Å². The number of aromatic nitrogens is 2. The number of alkyl carbamates (subject to hydrolysis) is 1. The maximum Gasteiger partial charge on any atom is 0.408 e. The number of nitrogens with one attached hydrogen (secondary N) is 3. The third-order valence-corrected chi connectivity index (χ3v) is 8.80. The Hall–Kier alpha value is -4.13. The summed E-state index contributed by atoms with van der Waals surface area (Å²) in [5.41, 5.74) is 3.96. The lowest BCUT2D eigenvalue weighted by atomic mass is 9.81. The van der Waals surface area contributed by atoms with Crippen LogP contribution in [0.15, 0.2) is 79.1 Å². The number of aromatic amines is 1. The Balaban J connectivity index is 1.25. The van der Waals surface area contributed by atoms with Gasteiger partial charge >= 0.3 is 6.09 Å². The highest BCUT2D eigenvalue weighted by Crippen LogP contribution is 2.34. The zero-order valence-electron chi connectivity index (χ0n) is 23.6. The topological polar surface area (TPSA) is 96.1 Å². The van der Waals surface area contributed by atoms with Crippen LogP contribution in [-0.2, 0) is 28.8 Å². The van der Waals surface area contributed by atoms with Crippen LogP contribution in [0.1, 0.15) is 67.5 Å². The van der Waals surface area contributed by atoms with Crippen molar-refractivity contribution in [3.8, 4) is 0 Å². The van der Waals surface area contributed by atoms with Gasteiger partial charge in [0.15, 0.2) is 0 Å². The standard InChI is InChI=1S/C34H38N4O3/c1-34(21-26-22-36-29-16-8-7-15-28(26)29,38-33(40)41-27-19-24-13-5-6-14-25(24)20-27)32(39)37-31(23-11-3-2-4-12-23)30-17-9-10-18-35-30/h5-10,13-18,22-23,27,31,36H,2-4,11-12,19-21H2,1H3,(H,37,39)(H,38,40)/t31?,34-/m0/s1. The van der Waals surface area contributed by atoms with E-state index in [1.165, 1.54) is 17.5 Å². The molecule has 0 aliphatic heterocycles. The molecule has 1 unspecified atom stereocenters. The van der Waals surface area contributed by atoms with Crippen LogP contribution in [0.25, 0.3) is 10.9 Å². The molecule has 6 rings (SSSR count). The predicted octanol–water partition coefficient (Wildman–Crippen LogP) is 6.20. The van der Waals surface area contributed by atoms with Gasteiger partial charge in [0.25, 0.3) is 0 Å². The van der Waals surface area contributed by atoms with Crippen molar-refractivity contribution < 1.29 is 14.3 Å². The van der Waals surface area contributed by atoms with Crippen molar-refractivity contribution in [3.05, 3.63) is 102 Å². The van der Waals surface area contributed by atoms with Crippen molar-refractivity contribution in [1.29, 1.82) is 0 Å². The molecular weight excluding hydrogens is 512 g/mol. The first-order valence-electron chi connectivity index (χ1n) is 14.8. The van der Waals surface area contributed by atoms with Gasteiger partial charge in [0, 0.05) is 42.6 Å². The number of amides is 2. The van der Waals surface area contributed by atoms with Crippen LogP contribution >= 0.6 is 0 Å². The first kappa shape index (κ1) is 27.1. The SMILES string of the molecule is C[C@@](Cc1c[nH]c2ccccc12)(NC(=O)OC1Cc2ccccc2C1)C(=O)NC(c1ccccn1)C1CCCCC1. The molecule has 2 aliphatic carbocycles. The third-order valence-electron chi connectivity index (χ3n) is 8.80. The Bertz CT molecular complexity index is 1490. The summed E-state index contributed by atoms with van der Waals surface area (Å²) in [7, 11) is 0. The number of rotatable bonds is 8. The van der Waals surface area contributed by atoms with Crippen LogP contribution in [0, 0.1) is 5.92 Å². The van der Waals surface area contributed by atoms with Crippen molar-refractivity contribution in [2.75, 3.05) is 0 Å². The number of ether oxygens (including phenoxy) is 1. The molecular formula is C34H38N4O3. The van der Waals surface area contributed by atoms with Crippen LogP contribution in [0.5, 0.6) is 0 Å². The van der Waals surface area contributed by atoms with E-state index < -0.39 is 11.6 Å². The zero-order valence-corrected chi connectivity index (χ0v) is 23.6. The summed E-state index contributed by atoms with van der Waals surface area (Å²) in [4.78, 5) is 35.6. The van der Waals surface area contributed by atoms with Crippen molar-refractivity contribution >= 4 is 22.9 Å². The number of carbonyl (C=O) groups excluding carboxylic acids is 2. The minimum absolute atomic E-state index is 0.228. The number of carbonyl (C=O) groups is 2. The van der Waals surface area contributed by atoms with Gasteiger partial charge in [0.2, 0.25) is 5.91 Å². The van der Waals surface area contributed by atoms with Crippen LogP contribution in [0.2, 0.25) is 0 Å². The highest BCUT2D eigenvalue weighted by molar-refractivity contribution is 5.91. The molecule has 2 aromatic carbocycles.